The number of carbonyl (C=O) groups is 1. The Morgan fingerprint density at radius 1 is 1.38 bits per heavy atom. The Bertz CT molecular complexity index is 664. The molecule has 3 heterocycles. The van der Waals surface area contributed by atoms with Gasteiger partial charge in [-0.05, 0) is 40.2 Å². The van der Waals surface area contributed by atoms with Crippen LogP contribution < -0.4 is 5.32 Å². The van der Waals surface area contributed by atoms with E-state index < -0.39 is 0 Å². The second-order valence-corrected chi connectivity index (χ2v) is 6.57. The van der Waals surface area contributed by atoms with Gasteiger partial charge in [0.2, 0.25) is 5.91 Å². The van der Waals surface area contributed by atoms with Gasteiger partial charge in [-0.3, -0.25) is 14.4 Å². The molecule has 130 valence electrons. The van der Waals surface area contributed by atoms with Crippen LogP contribution in [0.15, 0.2) is 24.9 Å². The van der Waals surface area contributed by atoms with Crippen LogP contribution in [-0.2, 0) is 11.3 Å². The summed E-state index contributed by atoms with van der Waals surface area (Å²) >= 11 is 0. The smallest absolute Gasteiger partial charge is 0.242 e. The van der Waals surface area contributed by atoms with E-state index in [4.69, 9.17) is 0 Å². The monoisotopic (exact) mass is 331 g/mol. The molecule has 0 saturated carbocycles. The third kappa shape index (κ3) is 3.48. The molecule has 1 saturated heterocycles. The Labute approximate surface area is 141 Å². The minimum Gasteiger partial charge on any atom is -0.310 e. The normalized spacial score (nSPS) is 19.8. The van der Waals surface area contributed by atoms with Gasteiger partial charge in [0.1, 0.15) is 18.5 Å². The lowest BCUT2D eigenvalue weighted by molar-refractivity contribution is -0.121. The second kappa shape index (κ2) is 7.12. The average Bonchev–Trinajstić information content (AvgIpc) is 3.28. The molecule has 2 aromatic heterocycles. The molecule has 2 atom stereocenters. The summed E-state index contributed by atoms with van der Waals surface area (Å²) < 4.78 is 3.66. The highest BCUT2D eigenvalue weighted by Crippen LogP contribution is 2.22. The van der Waals surface area contributed by atoms with Gasteiger partial charge in [-0.2, -0.15) is 10.2 Å². The van der Waals surface area contributed by atoms with E-state index in [9.17, 15) is 4.79 Å². The van der Waals surface area contributed by atoms with Crippen LogP contribution in [0, 0.1) is 0 Å². The van der Waals surface area contributed by atoms with E-state index >= 15 is 0 Å². The molecule has 0 aromatic carbocycles. The predicted molar refractivity (Wildman–Crippen MR) is 90.5 cm³/mol. The third-order valence-corrected chi connectivity index (χ3v) is 4.57. The number of carbonyl (C=O) groups excluding carboxylic acids is 1. The fourth-order valence-corrected chi connectivity index (χ4v) is 3.31. The van der Waals surface area contributed by atoms with Gasteiger partial charge in [-0.15, -0.1) is 0 Å². The van der Waals surface area contributed by atoms with Crippen molar-refractivity contribution in [3.63, 3.8) is 0 Å². The molecule has 2 unspecified atom stereocenters. The van der Waals surface area contributed by atoms with Crippen molar-refractivity contribution < 1.29 is 4.79 Å². The van der Waals surface area contributed by atoms with E-state index in [-0.39, 0.29) is 18.0 Å². The van der Waals surface area contributed by atoms with Gasteiger partial charge >= 0.3 is 0 Å². The number of aromatic nitrogens is 5. The summed E-state index contributed by atoms with van der Waals surface area (Å²) in [5.41, 5.74) is 0. The van der Waals surface area contributed by atoms with Crippen LogP contribution in [0.5, 0.6) is 0 Å². The standard InChI is InChI=1S/C16H25N7O/c1-12(2)23-15(6-7-18-23)20-16(24)13(3)22-8-4-5-14(22)9-21-11-17-10-19-21/h6-7,10-14H,4-5,8-9H2,1-3H3,(H,20,24). The Balaban J connectivity index is 1.65. The lowest BCUT2D eigenvalue weighted by atomic mass is 10.2. The van der Waals surface area contributed by atoms with Gasteiger partial charge in [-0.25, -0.2) is 9.67 Å². The summed E-state index contributed by atoms with van der Waals surface area (Å²) in [5.74, 6) is 0.747. The van der Waals surface area contributed by atoms with E-state index in [1.165, 1.54) is 0 Å². The molecular formula is C16H25N7O. The number of nitrogens with one attached hydrogen (secondary N) is 1. The molecule has 0 radical (unpaired) electrons. The van der Waals surface area contributed by atoms with Crippen LogP contribution in [0.1, 0.15) is 39.7 Å². The highest BCUT2D eigenvalue weighted by Gasteiger charge is 2.32. The summed E-state index contributed by atoms with van der Waals surface area (Å²) in [4.78, 5) is 18.9. The molecule has 1 fully saturated rings. The molecule has 3 rings (SSSR count). The topological polar surface area (TPSA) is 80.9 Å². The van der Waals surface area contributed by atoms with E-state index in [0.29, 0.717) is 6.04 Å². The number of anilines is 1. The zero-order valence-electron chi connectivity index (χ0n) is 14.5. The Hall–Kier alpha value is -2.22. The average molecular weight is 331 g/mol. The predicted octanol–water partition coefficient (Wildman–Crippen LogP) is 1.55. The SMILES string of the molecule is CC(C(=O)Nc1ccnn1C(C)C)N1CCCC1Cn1cncn1. The molecule has 0 aliphatic carbocycles. The molecule has 8 nitrogen and oxygen atoms in total. The van der Waals surface area contributed by atoms with E-state index in [1.807, 2.05) is 36.2 Å². The van der Waals surface area contributed by atoms with Gasteiger partial charge in [0.15, 0.2) is 0 Å². The summed E-state index contributed by atoms with van der Waals surface area (Å²) in [5, 5.41) is 11.5. The Kier molecular flexibility index (Phi) is 4.94. The molecule has 8 heteroatoms. The van der Waals surface area contributed by atoms with Crippen molar-refractivity contribution in [3.8, 4) is 0 Å². The second-order valence-electron chi connectivity index (χ2n) is 6.57. The molecule has 1 amide bonds. The summed E-state index contributed by atoms with van der Waals surface area (Å²) in [6, 6.07) is 2.15. The fourth-order valence-electron chi connectivity index (χ4n) is 3.31. The third-order valence-electron chi connectivity index (χ3n) is 4.57. The number of nitrogens with zero attached hydrogens (tertiary/aromatic N) is 6. The highest BCUT2D eigenvalue weighted by atomic mass is 16.2. The molecule has 24 heavy (non-hydrogen) atoms. The summed E-state index contributed by atoms with van der Waals surface area (Å²) in [7, 11) is 0. The first-order valence-electron chi connectivity index (χ1n) is 8.49. The number of amides is 1. The van der Waals surface area contributed by atoms with Crippen LogP contribution in [0.2, 0.25) is 0 Å². The zero-order valence-corrected chi connectivity index (χ0v) is 14.5. The van der Waals surface area contributed by atoms with Crippen LogP contribution in [0.4, 0.5) is 5.82 Å². The van der Waals surface area contributed by atoms with Crippen molar-refractivity contribution in [3.05, 3.63) is 24.9 Å². The summed E-state index contributed by atoms with van der Waals surface area (Å²) in [6.45, 7) is 7.74. The quantitative estimate of drug-likeness (QED) is 0.868. The van der Waals surface area contributed by atoms with E-state index in [0.717, 1.165) is 31.7 Å². The highest BCUT2D eigenvalue weighted by molar-refractivity contribution is 5.93. The van der Waals surface area contributed by atoms with Crippen molar-refractivity contribution in [2.75, 3.05) is 11.9 Å². The minimum atomic E-state index is -0.198. The van der Waals surface area contributed by atoms with E-state index in [2.05, 4.69) is 25.4 Å². The number of hydrogen-bond donors (Lipinski definition) is 1. The lowest BCUT2D eigenvalue weighted by Crippen LogP contribution is -2.46. The molecule has 0 spiro atoms. The summed E-state index contributed by atoms with van der Waals surface area (Å²) in [6.07, 6.45) is 7.15. The van der Waals surface area contributed by atoms with Gasteiger partial charge in [0, 0.05) is 18.2 Å². The first kappa shape index (κ1) is 16.6. The maximum absolute atomic E-state index is 12.7. The van der Waals surface area contributed by atoms with E-state index in [1.54, 1.807) is 18.9 Å². The van der Waals surface area contributed by atoms with Crippen LogP contribution in [-0.4, -0.2) is 54.0 Å². The number of hydrogen-bond acceptors (Lipinski definition) is 5. The first-order valence-corrected chi connectivity index (χ1v) is 8.49. The molecule has 1 aliphatic rings. The molecular weight excluding hydrogens is 306 g/mol. The number of rotatable bonds is 6. The van der Waals surface area contributed by atoms with Crippen molar-refractivity contribution in [1.29, 1.82) is 0 Å². The minimum absolute atomic E-state index is 0.00268. The molecule has 1 N–H and O–H groups in total. The maximum Gasteiger partial charge on any atom is 0.242 e. The first-order chi connectivity index (χ1) is 11.6. The van der Waals surface area contributed by atoms with Crippen LogP contribution in [0.3, 0.4) is 0 Å². The van der Waals surface area contributed by atoms with Crippen molar-refractivity contribution in [2.45, 2.75) is 58.3 Å². The zero-order chi connectivity index (χ0) is 17.1. The lowest BCUT2D eigenvalue weighted by Gasteiger charge is -2.29. The fraction of sp³-hybridized carbons (Fsp3) is 0.625. The molecule has 1 aliphatic heterocycles. The molecule has 2 aromatic rings. The van der Waals surface area contributed by atoms with Crippen LogP contribution in [0.25, 0.3) is 0 Å². The number of likely N-dealkylation sites (tertiary alicyclic amines) is 1. The van der Waals surface area contributed by atoms with Crippen molar-refractivity contribution in [1.82, 2.24) is 29.4 Å². The van der Waals surface area contributed by atoms with Gasteiger partial charge in [0.05, 0.1) is 18.8 Å². The van der Waals surface area contributed by atoms with Crippen LogP contribution >= 0.6 is 0 Å². The largest absolute Gasteiger partial charge is 0.310 e. The van der Waals surface area contributed by atoms with Gasteiger partial charge < -0.3 is 5.32 Å². The Morgan fingerprint density at radius 3 is 2.92 bits per heavy atom. The Morgan fingerprint density at radius 2 is 2.21 bits per heavy atom. The van der Waals surface area contributed by atoms with Gasteiger partial charge in [-0.1, -0.05) is 0 Å². The maximum atomic E-state index is 12.7. The molecule has 0 bridgehead atoms. The van der Waals surface area contributed by atoms with Gasteiger partial charge in [0.25, 0.3) is 0 Å². The van der Waals surface area contributed by atoms with Crippen molar-refractivity contribution >= 4 is 11.7 Å². The van der Waals surface area contributed by atoms with Crippen molar-refractivity contribution in [2.24, 2.45) is 0 Å².